The zero-order valence-electron chi connectivity index (χ0n) is 16.5. The van der Waals surface area contributed by atoms with E-state index in [2.05, 4.69) is 9.97 Å². The number of aromatic nitrogens is 3. The van der Waals surface area contributed by atoms with Gasteiger partial charge >= 0.3 is 0 Å². The number of aryl methyl sites for hydroxylation is 1. The number of aromatic amines is 1. The van der Waals surface area contributed by atoms with Crippen molar-refractivity contribution in [3.05, 3.63) is 64.6 Å². The summed E-state index contributed by atoms with van der Waals surface area (Å²) in [6.07, 6.45) is 1.79. The first-order chi connectivity index (χ1) is 14.0. The van der Waals surface area contributed by atoms with Gasteiger partial charge in [0.25, 0.3) is 5.56 Å². The third kappa shape index (κ3) is 3.36. The Bertz CT molecular complexity index is 1260. The molecule has 3 N–H and O–H groups in total. The molecule has 4 rings (SSSR count). The van der Waals surface area contributed by atoms with Crippen LogP contribution in [0, 0.1) is 0 Å². The van der Waals surface area contributed by atoms with Crippen molar-refractivity contribution < 1.29 is 9.47 Å². The first kappa shape index (κ1) is 18.8. The molecule has 0 aliphatic heterocycles. The molecule has 2 aromatic heterocycles. The van der Waals surface area contributed by atoms with E-state index >= 15 is 0 Å². The predicted octanol–water partition coefficient (Wildman–Crippen LogP) is 3.07. The van der Waals surface area contributed by atoms with Crippen LogP contribution in [-0.4, -0.2) is 28.8 Å². The van der Waals surface area contributed by atoms with E-state index in [4.69, 9.17) is 15.2 Å². The molecule has 2 aromatic carbocycles. The fourth-order valence-electron chi connectivity index (χ4n) is 3.37. The summed E-state index contributed by atoms with van der Waals surface area (Å²) in [6.45, 7) is 0.445. The van der Waals surface area contributed by atoms with E-state index < -0.39 is 0 Å². The highest BCUT2D eigenvalue weighted by Crippen LogP contribution is 2.33. The van der Waals surface area contributed by atoms with Gasteiger partial charge in [0.05, 0.1) is 30.8 Å². The summed E-state index contributed by atoms with van der Waals surface area (Å²) in [6, 6.07) is 13.3. The van der Waals surface area contributed by atoms with Crippen LogP contribution in [0.15, 0.2) is 53.5 Å². The van der Waals surface area contributed by atoms with Crippen molar-refractivity contribution in [1.29, 1.82) is 0 Å². The number of H-pyrrole nitrogens is 1. The van der Waals surface area contributed by atoms with E-state index in [9.17, 15) is 4.79 Å². The molecule has 0 atom stereocenters. The van der Waals surface area contributed by atoms with Crippen LogP contribution in [0.25, 0.3) is 33.5 Å². The van der Waals surface area contributed by atoms with Crippen LogP contribution in [0.1, 0.15) is 5.56 Å². The van der Waals surface area contributed by atoms with Gasteiger partial charge in [0.2, 0.25) is 0 Å². The molecule has 0 aliphatic rings. The van der Waals surface area contributed by atoms with Crippen molar-refractivity contribution in [1.82, 2.24) is 14.5 Å². The van der Waals surface area contributed by atoms with Crippen molar-refractivity contribution in [2.75, 3.05) is 14.2 Å². The lowest BCUT2D eigenvalue weighted by Gasteiger charge is -2.11. The third-order valence-electron chi connectivity index (χ3n) is 4.94. The number of hydrogen-bond acceptors (Lipinski definition) is 5. The molecule has 148 valence electrons. The molecule has 7 heteroatoms. The number of nitrogens with two attached hydrogens (primary N) is 1. The van der Waals surface area contributed by atoms with Crippen molar-refractivity contribution in [3.8, 4) is 34.0 Å². The van der Waals surface area contributed by atoms with Crippen molar-refractivity contribution in [3.63, 3.8) is 0 Å². The standard InChI is InChI=1S/C22H22N4O3/c1-26-12-15(14-5-7-19(28-2)20(10-14)29-3)9-16(22(26)27)21-24-17-6-4-13(11-23)8-18(17)25-21/h4-10,12H,11,23H2,1-3H3,(H,24,25). The summed E-state index contributed by atoms with van der Waals surface area (Å²) in [5.74, 6) is 1.80. The third-order valence-corrected chi connectivity index (χ3v) is 4.94. The van der Waals surface area contributed by atoms with E-state index in [0.717, 1.165) is 27.7 Å². The molecule has 0 spiro atoms. The van der Waals surface area contributed by atoms with Crippen LogP contribution in [0.5, 0.6) is 11.5 Å². The van der Waals surface area contributed by atoms with Crippen LogP contribution in [0.2, 0.25) is 0 Å². The van der Waals surface area contributed by atoms with Crippen LogP contribution in [0.4, 0.5) is 0 Å². The van der Waals surface area contributed by atoms with Gasteiger partial charge in [-0.15, -0.1) is 0 Å². The summed E-state index contributed by atoms with van der Waals surface area (Å²) in [5.41, 5.74) is 10.5. The maximum Gasteiger partial charge on any atom is 0.261 e. The van der Waals surface area contributed by atoms with Gasteiger partial charge in [-0.3, -0.25) is 4.79 Å². The van der Waals surface area contributed by atoms with Gasteiger partial charge in [-0.2, -0.15) is 0 Å². The second kappa shape index (κ2) is 7.44. The van der Waals surface area contributed by atoms with E-state index in [0.29, 0.717) is 29.4 Å². The molecule has 7 nitrogen and oxygen atoms in total. The first-order valence-corrected chi connectivity index (χ1v) is 9.16. The lowest BCUT2D eigenvalue weighted by molar-refractivity contribution is 0.355. The molecule has 0 saturated heterocycles. The normalized spacial score (nSPS) is 11.0. The van der Waals surface area contributed by atoms with Gasteiger partial charge in [-0.1, -0.05) is 12.1 Å². The average molecular weight is 390 g/mol. The van der Waals surface area contributed by atoms with E-state index in [-0.39, 0.29) is 5.56 Å². The second-order valence-electron chi connectivity index (χ2n) is 6.77. The molecule has 0 radical (unpaired) electrons. The lowest BCUT2D eigenvalue weighted by Crippen LogP contribution is -2.18. The SMILES string of the molecule is COc1ccc(-c2cc(-c3nc4ccc(CN)cc4[nH]3)c(=O)n(C)c2)cc1OC. The molecule has 0 aliphatic carbocycles. The van der Waals surface area contributed by atoms with Gasteiger partial charge in [0, 0.05) is 19.8 Å². The van der Waals surface area contributed by atoms with Crippen LogP contribution in [-0.2, 0) is 13.6 Å². The maximum atomic E-state index is 12.8. The Balaban J connectivity index is 1.86. The quantitative estimate of drug-likeness (QED) is 0.546. The molecule has 0 unspecified atom stereocenters. The van der Waals surface area contributed by atoms with Crippen LogP contribution >= 0.6 is 0 Å². The summed E-state index contributed by atoms with van der Waals surface area (Å²) in [7, 11) is 4.92. The van der Waals surface area contributed by atoms with Crippen molar-refractivity contribution in [2.24, 2.45) is 12.8 Å². The largest absolute Gasteiger partial charge is 0.493 e. The number of nitrogens with zero attached hydrogens (tertiary/aromatic N) is 2. The number of hydrogen-bond donors (Lipinski definition) is 2. The molecular weight excluding hydrogens is 368 g/mol. The Morgan fingerprint density at radius 2 is 1.83 bits per heavy atom. The number of nitrogens with one attached hydrogen (secondary N) is 1. The van der Waals surface area contributed by atoms with Gasteiger partial charge < -0.3 is 24.8 Å². The number of ether oxygens (including phenoxy) is 2. The Morgan fingerprint density at radius 1 is 1.03 bits per heavy atom. The fraction of sp³-hybridized carbons (Fsp3) is 0.182. The molecule has 0 bridgehead atoms. The number of rotatable bonds is 5. The molecule has 0 amide bonds. The Hall–Kier alpha value is -3.58. The number of pyridine rings is 1. The molecule has 2 heterocycles. The Kier molecular flexibility index (Phi) is 4.82. The van der Waals surface area contributed by atoms with E-state index in [1.807, 2.05) is 42.5 Å². The zero-order chi connectivity index (χ0) is 20.5. The minimum absolute atomic E-state index is 0.132. The molecule has 0 fully saturated rings. The number of methoxy groups -OCH3 is 2. The van der Waals surface area contributed by atoms with Gasteiger partial charge in [0.15, 0.2) is 11.5 Å². The molecule has 0 saturated carbocycles. The zero-order valence-corrected chi connectivity index (χ0v) is 16.5. The Morgan fingerprint density at radius 3 is 2.55 bits per heavy atom. The van der Waals surface area contributed by atoms with Crippen molar-refractivity contribution in [2.45, 2.75) is 6.54 Å². The summed E-state index contributed by atoms with van der Waals surface area (Å²) in [5, 5.41) is 0. The second-order valence-corrected chi connectivity index (χ2v) is 6.77. The summed E-state index contributed by atoms with van der Waals surface area (Å²) in [4.78, 5) is 20.7. The fourth-order valence-corrected chi connectivity index (χ4v) is 3.37. The highest BCUT2D eigenvalue weighted by Gasteiger charge is 2.14. The van der Waals surface area contributed by atoms with E-state index in [1.54, 1.807) is 32.0 Å². The molecule has 4 aromatic rings. The lowest BCUT2D eigenvalue weighted by atomic mass is 10.0. The number of benzene rings is 2. The van der Waals surface area contributed by atoms with Gasteiger partial charge in [0.1, 0.15) is 5.82 Å². The Labute approximate surface area is 167 Å². The monoisotopic (exact) mass is 390 g/mol. The van der Waals surface area contributed by atoms with Crippen LogP contribution in [0.3, 0.4) is 0 Å². The average Bonchev–Trinajstić information content (AvgIpc) is 3.17. The number of imidazole rings is 1. The maximum absolute atomic E-state index is 12.8. The highest BCUT2D eigenvalue weighted by atomic mass is 16.5. The van der Waals surface area contributed by atoms with Gasteiger partial charge in [-0.25, -0.2) is 4.98 Å². The van der Waals surface area contributed by atoms with E-state index in [1.165, 1.54) is 0 Å². The smallest absolute Gasteiger partial charge is 0.261 e. The summed E-state index contributed by atoms with van der Waals surface area (Å²) >= 11 is 0. The predicted molar refractivity (Wildman–Crippen MR) is 113 cm³/mol. The highest BCUT2D eigenvalue weighted by molar-refractivity contribution is 5.81. The number of fused-ring (bicyclic) bond motifs is 1. The molecule has 29 heavy (non-hydrogen) atoms. The molecular formula is C22H22N4O3. The van der Waals surface area contributed by atoms with Crippen LogP contribution < -0.4 is 20.8 Å². The summed E-state index contributed by atoms with van der Waals surface area (Å²) < 4.78 is 12.3. The first-order valence-electron chi connectivity index (χ1n) is 9.16. The topological polar surface area (TPSA) is 95.2 Å². The minimum atomic E-state index is -0.132. The van der Waals surface area contributed by atoms with Gasteiger partial charge in [-0.05, 0) is 47.0 Å². The van der Waals surface area contributed by atoms with Crippen molar-refractivity contribution >= 4 is 11.0 Å². The minimum Gasteiger partial charge on any atom is -0.493 e.